The van der Waals surface area contributed by atoms with Gasteiger partial charge in [0.25, 0.3) is 0 Å². The van der Waals surface area contributed by atoms with E-state index in [1.165, 1.54) is 25.7 Å². The molecule has 0 aromatic heterocycles. The summed E-state index contributed by atoms with van der Waals surface area (Å²) in [4.78, 5) is 0. The molecule has 0 rings (SSSR count). The van der Waals surface area contributed by atoms with E-state index in [2.05, 4.69) is 52.9 Å². The van der Waals surface area contributed by atoms with Gasteiger partial charge < -0.3 is 0 Å². The van der Waals surface area contributed by atoms with Crippen LogP contribution in [0.25, 0.3) is 0 Å². The first kappa shape index (κ1) is 12.4. The van der Waals surface area contributed by atoms with Crippen LogP contribution in [0, 0.1) is 10.5 Å². The van der Waals surface area contributed by atoms with Crippen LogP contribution in [0.4, 0.5) is 0 Å². The van der Waals surface area contributed by atoms with E-state index in [0.29, 0.717) is 0 Å². The Morgan fingerprint density at radius 2 is 1.91 bits per heavy atom. The van der Waals surface area contributed by atoms with Crippen LogP contribution in [-0.2, 0) is 0 Å². The van der Waals surface area contributed by atoms with E-state index in [4.69, 9.17) is 0 Å². The Balaban J connectivity index is 3.61. The molecular weight excluding hydrogens is 117 g/mol. The van der Waals surface area contributed by atoms with Crippen LogP contribution < -0.4 is 0 Å². The van der Waals surface area contributed by atoms with Crippen LogP contribution in [0.3, 0.4) is 0 Å². The van der Waals surface area contributed by atoms with Crippen molar-refractivity contribution in [3.63, 3.8) is 0 Å². The van der Waals surface area contributed by atoms with Gasteiger partial charge >= 0.3 is 99.0 Å². The average Bonchev–Trinajstić information content (AvgIpc) is 1.87. The van der Waals surface area contributed by atoms with Gasteiger partial charge in [-0.05, 0) is 0 Å². The fraction of sp³-hybridized carbons (Fsp3) is 0.750. The van der Waals surface area contributed by atoms with Gasteiger partial charge in [0.1, 0.15) is 0 Å². The molecule has 3 heteroatoms. The van der Waals surface area contributed by atoms with Crippen LogP contribution in [0.1, 0.15) is 32.6 Å². The van der Waals surface area contributed by atoms with Crippen molar-refractivity contribution in [1.29, 1.82) is 0 Å². The van der Waals surface area contributed by atoms with Gasteiger partial charge in [-0.2, -0.15) is 0 Å². The molecule has 0 atom stereocenters. The van der Waals surface area contributed by atoms with E-state index in [-0.39, 0.29) is 2.76 Å². The normalized spacial score (nSPS) is 10.8. The minimum absolute atomic E-state index is 0.240. The molecule has 0 saturated heterocycles. The van der Waals surface area contributed by atoms with Crippen molar-refractivity contribution in [3.05, 3.63) is 0 Å². The maximum atomic E-state index is 3.23. The molecule has 0 amide bonds. The fourth-order valence-corrected chi connectivity index (χ4v) is 1.22. The van der Waals surface area contributed by atoms with Gasteiger partial charge in [0, 0.05) is 0 Å². The van der Waals surface area contributed by atoms with E-state index in [1.807, 2.05) is 17.7 Å². The molecule has 0 aliphatic heterocycles. The van der Waals surface area contributed by atoms with Gasteiger partial charge in [-0.1, -0.05) is 0 Å². The summed E-state index contributed by atoms with van der Waals surface area (Å²) < 4.78 is 3.22. The van der Waals surface area contributed by atoms with Crippen molar-refractivity contribution >= 4 is 53.1 Å². The van der Waals surface area contributed by atoms with Crippen molar-refractivity contribution in [2.75, 3.05) is 0 Å². The van der Waals surface area contributed by atoms with Crippen molar-refractivity contribution in [2.45, 2.75) is 35.4 Å². The number of rotatable bonds is 4. The molecule has 0 aromatic rings. The minimum atomic E-state index is 0.240. The summed E-state index contributed by atoms with van der Waals surface area (Å²) in [6, 6.07) is 0. The Bertz CT molecular complexity index is 152. The standard InChI is InChI=1S/C8H11.3Li/c1-3-5-7-8-6-4-2;;;/h3,5,7-8H2,1H3;;;. The molecule has 11 heavy (non-hydrogen) atoms. The molecule has 0 nitrogen and oxygen atoms in total. The van der Waals surface area contributed by atoms with Crippen LogP contribution in [-0.4, -0.2) is 53.1 Å². The topological polar surface area (TPSA) is 0 Å². The van der Waals surface area contributed by atoms with Gasteiger partial charge in [-0.15, -0.1) is 0 Å². The van der Waals surface area contributed by atoms with E-state index in [9.17, 15) is 0 Å². The molecule has 0 saturated carbocycles. The summed E-state index contributed by atoms with van der Waals surface area (Å²) in [5, 5.41) is 0. The molecule has 0 spiro atoms. The van der Waals surface area contributed by atoms with Crippen molar-refractivity contribution in [1.82, 2.24) is 0 Å². The molecule has 0 fully saturated rings. The van der Waals surface area contributed by atoms with Crippen LogP contribution in [0.15, 0.2) is 0 Å². The predicted octanol–water partition coefficient (Wildman–Crippen LogP) is 1.15. The summed E-state index contributed by atoms with van der Waals surface area (Å²) in [6.45, 7) is 2.23. The molecule has 0 radical (unpaired) electrons. The second-order valence-electron chi connectivity index (χ2n) is 3.72. The van der Waals surface area contributed by atoms with Crippen LogP contribution in [0.5, 0.6) is 0 Å². The third-order valence-electron chi connectivity index (χ3n) is 1.87. The zero-order valence-electron chi connectivity index (χ0n) is 8.33. The Morgan fingerprint density at radius 3 is 2.36 bits per heavy atom. The molecule has 0 aliphatic carbocycles. The first-order chi connectivity index (χ1) is 5.12. The summed E-state index contributed by atoms with van der Waals surface area (Å²) >= 11 is 6.36. The monoisotopic (exact) mass is 128 g/mol. The predicted molar refractivity (Wildman–Crippen MR) is 51.9 cm³/mol. The summed E-state index contributed by atoms with van der Waals surface area (Å²) in [5.41, 5.74) is 0. The zero-order chi connectivity index (χ0) is 8.74. The van der Waals surface area contributed by atoms with Crippen molar-refractivity contribution in [2.24, 2.45) is 0 Å². The molecule has 0 heterocycles. The fourth-order valence-electron chi connectivity index (χ4n) is 1.22. The molecule has 0 unspecified atom stereocenters. The van der Waals surface area contributed by atoms with Gasteiger partial charge in [-0.3, -0.25) is 0 Å². The third-order valence-corrected chi connectivity index (χ3v) is 1.87. The van der Waals surface area contributed by atoms with E-state index < -0.39 is 0 Å². The van der Waals surface area contributed by atoms with E-state index >= 15 is 0 Å². The Hall–Kier alpha value is 1.35. The molecular formula is C8H11Li3. The molecule has 0 aliphatic rings. The average molecular weight is 128 g/mol. The first-order valence-electron chi connectivity index (χ1n) is 4.56. The summed E-state index contributed by atoms with van der Waals surface area (Å²) in [7, 11) is 0. The van der Waals surface area contributed by atoms with Gasteiger partial charge in [-0.25, -0.2) is 0 Å². The maximum absolute atomic E-state index is 3.23. The molecule has 46 valence electrons. The van der Waals surface area contributed by atoms with Crippen molar-refractivity contribution < 1.29 is 0 Å². The Morgan fingerprint density at radius 1 is 1.27 bits per heavy atom. The number of unbranched alkanes of at least 4 members (excludes halogenated alkanes) is 2. The second-order valence-corrected chi connectivity index (χ2v) is 3.72. The number of hydrogen-bond acceptors (Lipinski definition) is 0. The van der Waals surface area contributed by atoms with Gasteiger partial charge in [0.15, 0.2) is 0 Å². The summed E-state index contributed by atoms with van der Waals surface area (Å²) in [5.74, 6) is 3.23. The molecule has 0 aromatic carbocycles. The SMILES string of the molecule is [Li][C]#C[C]([Li])([Li])CCCCC. The van der Waals surface area contributed by atoms with Gasteiger partial charge in [0.05, 0.1) is 0 Å². The zero-order valence-corrected chi connectivity index (χ0v) is 8.33. The number of hydrogen-bond donors (Lipinski definition) is 0. The first-order valence-corrected chi connectivity index (χ1v) is 4.56. The van der Waals surface area contributed by atoms with E-state index in [0.717, 1.165) is 0 Å². The van der Waals surface area contributed by atoms with E-state index in [1.54, 1.807) is 0 Å². The van der Waals surface area contributed by atoms with Crippen LogP contribution in [0.2, 0.25) is 2.76 Å². The third kappa shape index (κ3) is 7.70. The Kier molecular flexibility index (Phi) is 7.66. The van der Waals surface area contributed by atoms with Crippen molar-refractivity contribution in [3.8, 4) is 10.5 Å². The second kappa shape index (κ2) is 6.82. The Labute approximate surface area is 98.3 Å². The molecule has 0 N–H and O–H groups in total. The van der Waals surface area contributed by atoms with Gasteiger partial charge in [0.2, 0.25) is 0 Å². The molecule has 0 bridgehead atoms. The van der Waals surface area contributed by atoms with Crippen LogP contribution >= 0.6 is 0 Å². The quantitative estimate of drug-likeness (QED) is 0.302. The summed E-state index contributed by atoms with van der Waals surface area (Å²) in [6.07, 6.45) is 5.20.